The first-order valence-electron chi connectivity index (χ1n) is 4.18. The quantitative estimate of drug-likeness (QED) is 0.536. The molecule has 0 spiro atoms. The molecule has 1 aliphatic rings. The molecule has 1 saturated heterocycles. The van der Waals surface area contributed by atoms with Crippen LogP contribution in [-0.4, -0.2) is 32.1 Å². The van der Waals surface area contributed by atoms with Gasteiger partial charge in [-0.3, -0.25) is 4.90 Å². The highest BCUT2D eigenvalue weighted by atomic mass is 32.2. The van der Waals surface area contributed by atoms with Crippen LogP contribution in [0.4, 0.5) is 0 Å². The fraction of sp³-hybridized carbons (Fsp3) is 0.750. The Morgan fingerprint density at radius 1 is 1.67 bits per heavy atom. The lowest BCUT2D eigenvalue weighted by molar-refractivity contribution is 0.207. The lowest BCUT2D eigenvalue weighted by atomic mass is 10.0. The zero-order chi connectivity index (χ0) is 8.97. The lowest BCUT2D eigenvalue weighted by Gasteiger charge is -2.32. The second kappa shape index (κ2) is 4.74. The lowest BCUT2D eigenvalue weighted by Crippen LogP contribution is -2.39. The van der Waals surface area contributed by atoms with Gasteiger partial charge in [0.05, 0.1) is 0 Å². The van der Waals surface area contributed by atoms with E-state index in [-0.39, 0.29) is 5.88 Å². The van der Waals surface area contributed by atoms with Crippen LogP contribution < -0.4 is 0 Å². The molecule has 0 amide bonds. The molecule has 0 radical (unpaired) electrons. The molecule has 1 fully saturated rings. The van der Waals surface area contributed by atoms with Crippen LogP contribution in [-0.2, 0) is 11.1 Å². The molecule has 1 heterocycles. The van der Waals surface area contributed by atoms with Gasteiger partial charge in [-0.2, -0.15) is 0 Å². The minimum atomic E-state index is -1.71. The summed E-state index contributed by atoms with van der Waals surface area (Å²) < 4.78 is 19.3. The van der Waals surface area contributed by atoms with Crippen molar-refractivity contribution in [3.63, 3.8) is 0 Å². The molecule has 0 aromatic heterocycles. The van der Waals surface area contributed by atoms with Gasteiger partial charge in [0.25, 0.3) is 0 Å². The van der Waals surface area contributed by atoms with Crippen molar-refractivity contribution in [2.75, 3.05) is 12.4 Å². The van der Waals surface area contributed by atoms with E-state index in [0.29, 0.717) is 6.04 Å². The highest BCUT2D eigenvalue weighted by Crippen LogP contribution is 2.17. The second-order valence-corrected chi connectivity index (χ2v) is 3.96. The monoisotopic (exact) mass is 189 g/mol. The summed E-state index contributed by atoms with van der Waals surface area (Å²) in [5.41, 5.74) is 0. The summed E-state index contributed by atoms with van der Waals surface area (Å²) in [6.45, 7) is 4.64. The summed E-state index contributed by atoms with van der Waals surface area (Å²) >= 11 is -1.71. The fourth-order valence-corrected chi connectivity index (χ4v) is 2.19. The molecule has 1 aliphatic heterocycles. The van der Waals surface area contributed by atoms with E-state index >= 15 is 0 Å². The Morgan fingerprint density at radius 3 is 3.00 bits per heavy atom. The van der Waals surface area contributed by atoms with Gasteiger partial charge in [0.15, 0.2) is 11.1 Å². The van der Waals surface area contributed by atoms with Crippen molar-refractivity contribution in [1.29, 1.82) is 0 Å². The molecule has 70 valence electrons. The van der Waals surface area contributed by atoms with Crippen LogP contribution in [0.3, 0.4) is 0 Å². The molecule has 2 unspecified atom stereocenters. The van der Waals surface area contributed by atoms with Crippen LogP contribution in [0.1, 0.15) is 19.3 Å². The average molecular weight is 189 g/mol. The zero-order valence-electron chi connectivity index (χ0n) is 7.11. The third-order valence-corrected chi connectivity index (χ3v) is 2.77. The van der Waals surface area contributed by atoms with Gasteiger partial charge in [0.2, 0.25) is 0 Å². The summed E-state index contributed by atoms with van der Waals surface area (Å²) in [5.74, 6) is 0.261. The highest BCUT2D eigenvalue weighted by molar-refractivity contribution is 7.79. The van der Waals surface area contributed by atoms with E-state index < -0.39 is 11.1 Å². The molecule has 0 saturated carbocycles. The van der Waals surface area contributed by atoms with E-state index in [0.717, 1.165) is 19.4 Å². The van der Waals surface area contributed by atoms with Crippen LogP contribution in [0.5, 0.6) is 0 Å². The molecule has 0 bridgehead atoms. The molecule has 2 atom stereocenters. The van der Waals surface area contributed by atoms with Crippen molar-refractivity contribution in [1.82, 2.24) is 4.90 Å². The van der Waals surface area contributed by atoms with E-state index in [9.17, 15) is 4.21 Å². The van der Waals surface area contributed by atoms with Gasteiger partial charge in [-0.05, 0) is 19.4 Å². The first-order valence-corrected chi connectivity index (χ1v) is 5.45. The van der Waals surface area contributed by atoms with Crippen LogP contribution in [0.15, 0.2) is 12.7 Å². The van der Waals surface area contributed by atoms with Crippen molar-refractivity contribution < 1.29 is 8.76 Å². The third kappa shape index (κ3) is 2.69. The molecule has 0 aliphatic carbocycles. The molecular formula is C8H15NO2S. The second-order valence-electron chi connectivity index (χ2n) is 3.06. The normalized spacial score (nSPS) is 28.2. The van der Waals surface area contributed by atoms with Gasteiger partial charge < -0.3 is 4.55 Å². The number of piperidine rings is 1. The first kappa shape index (κ1) is 9.89. The smallest absolute Gasteiger partial charge is 0.167 e. The van der Waals surface area contributed by atoms with Gasteiger partial charge in [0, 0.05) is 6.04 Å². The Morgan fingerprint density at radius 2 is 2.42 bits per heavy atom. The van der Waals surface area contributed by atoms with Crippen molar-refractivity contribution in [3.8, 4) is 0 Å². The highest BCUT2D eigenvalue weighted by Gasteiger charge is 2.20. The van der Waals surface area contributed by atoms with Crippen LogP contribution in [0.25, 0.3) is 0 Å². The van der Waals surface area contributed by atoms with Crippen molar-refractivity contribution in [2.45, 2.75) is 25.3 Å². The Hall–Kier alpha value is -0.190. The average Bonchev–Trinajstić information content (AvgIpc) is 2.04. The summed E-state index contributed by atoms with van der Waals surface area (Å²) in [5, 5.41) is 0. The molecule has 0 aromatic carbocycles. The number of hydrogen-bond acceptors (Lipinski definition) is 2. The Kier molecular flexibility index (Phi) is 3.91. The predicted molar refractivity (Wildman–Crippen MR) is 50.2 cm³/mol. The van der Waals surface area contributed by atoms with Crippen molar-refractivity contribution in [3.05, 3.63) is 12.7 Å². The largest absolute Gasteiger partial charge is 0.305 e. The van der Waals surface area contributed by atoms with Crippen LogP contribution >= 0.6 is 0 Å². The molecule has 4 heteroatoms. The third-order valence-electron chi connectivity index (χ3n) is 2.21. The molecule has 1 N–H and O–H groups in total. The Balaban J connectivity index is 2.46. The molecule has 1 rings (SSSR count). The SMILES string of the molecule is C=CC1CCCCN1CS(=O)O. The van der Waals surface area contributed by atoms with E-state index in [1.54, 1.807) is 0 Å². The minimum absolute atomic E-state index is 0.261. The van der Waals surface area contributed by atoms with E-state index in [2.05, 4.69) is 6.58 Å². The maximum atomic E-state index is 10.6. The maximum absolute atomic E-state index is 10.6. The number of likely N-dealkylation sites (tertiary alicyclic amines) is 1. The topological polar surface area (TPSA) is 40.5 Å². The Labute approximate surface area is 75.7 Å². The predicted octanol–water partition coefficient (Wildman–Crippen LogP) is 1.21. The summed E-state index contributed by atoms with van der Waals surface area (Å²) in [4.78, 5) is 2.02. The van der Waals surface area contributed by atoms with Gasteiger partial charge in [0.1, 0.15) is 5.88 Å². The summed E-state index contributed by atoms with van der Waals surface area (Å²) in [7, 11) is 0. The first-order chi connectivity index (χ1) is 5.74. The van der Waals surface area contributed by atoms with Gasteiger partial charge >= 0.3 is 0 Å². The molecule has 12 heavy (non-hydrogen) atoms. The van der Waals surface area contributed by atoms with Gasteiger partial charge in [-0.25, -0.2) is 4.21 Å². The molecule has 3 nitrogen and oxygen atoms in total. The number of nitrogens with zero attached hydrogens (tertiary/aromatic N) is 1. The minimum Gasteiger partial charge on any atom is -0.305 e. The van der Waals surface area contributed by atoms with E-state index in [1.807, 2.05) is 11.0 Å². The zero-order valence-corrected chi connectivity index (χ0v) is 7.92. The fourth-order valence-electron chi connectivity index (χ4n) is 1.59. The van der Waals surface area contributed by atoms with E-state index in [4.69, 9.17) is 4.55 Å². The molecular weight excluding hydrogens is 174 g/mol. The molecule has 0 aromatic rings. The number of rotatable bonds is 3. The van der Waals surface area contributed by atoms with Crippen molar-refractivity contribution in [2.24, 2.45) is 0 Å². The van der Waals surface area contributed by atoms with Crippen molar-refractivity contribution >= 4 is 11.1 Å². The van der Waals surface area contributed by atoms with Gasteiger partial charge in [-0.15, -0.1) is 6.58 Å². The summed E-state index contributed by atoms with van der Waals surface area (Å²) in [6, 6.07) is 0.301. The van der Waals surface area contributed by atoms with Crippen LogP contribution in [0, 0.1) is 0 Å². The maximum Gasteiger partial charge on any atom is 0.167 e. The summed E-state index contributed by atoms with van der Waals surface area (Å²) in [6.07, 6.45) is 5.26. The van der Waals surface area contributed by atoms with Gasteiger partial charge in [-0.1, -0.05) is 12.5 Å². The Bertz CT molecular complexity index is 184. The van der Waals surface area contributed by atoms with Crippen LogP contribution in [0.2, 0.25) is 0 Å². The van der Waals surface area contributed by atoms with E-state index in [1.165, 1.54) is 6.42 Å². The standard InChI is InChI=1S/C8H15NO2S/c1-2-8-5-3-4-6-9(8)7-12(10)11/h2,8H,1,3-7H2,(H,10,11). The number of hydrogen-bond donors (Lipinski definition) is 1.